The fourth-order valence-electron chi connectivity index (χ4n) is 1.83. The Hall–Kier alpha value is -1.71. The number of aryl methyl sites for hydroxylation is 1. The third-order valence-electron chi connectivity index (χ3n) is 2.96. The predicted octanol–water partition coefficient (Wildman–Crippen LogP) is 3.77. The third kappa shape index (κ3) is 3.65. The number of ether oxygens (including phenoxy) is 2. The quantitative estimate of drug-likeness (QED) is 0.912. The Bertz CT molecular complexity index is 584. The second kappa shape index (κ2) is 6.64. The van der Waals surface area contributed by atoms with Crippen molar-refractivity contribution in [2.75, 3.05) is 13.7 Å². The van der Waals surface area contributed by atoms with Gasteiger partial charge in [-0.1, -0.05) is 29.8 Å². The molecule has 0 saturated heterocycles. The molecule has 0 bridgehead atoms. The van der Waals surface area contributed by atoms with Crippen molar-refractivity contribution in [3.63, 3.8) is 0 Å². The summed E-state index contributed by atoms with van der Waals surface area (Å²) in [6, 6.07) is 12.8. The molecule has 2 aromatic carbocycles. The molecule has 20 heavy (non-hydrogen) atoms. The lowest BCUT2D eigenvalue weighted by Gasteiger charge is -2.14. The van der Waals surface area contributed by atoms with Crippen molar-refractivity contribution in [2.45, 2.75) is 13.0 Å². The number of hydrogen-bond donors (Lipinski definition) is 1. The Morgan fingerprint density at radius 1 is 1.20 bits per heavy atom. The van der Waals surface area contributed by atoms with Crippen molar-refractivity contribution in [3.05, 3.63) is 58.6 Å². The second-order valence-corrected chi connectivity index (χ2v) is 4.94. The molecule has 0 radical (unpaired) electrons. The third-order valence-corrected chi connectivity index (χ3v) is 3.27. The minimum absolute atomic E-state index is 0.135. The SMILES string of the molecule is COc1cccc(C(O)COc2cc(C)ccc2Cl)c1. The topological polar surface area (TPSA) is 38.7 Å². The highest BCUT2D eigenvalue weighted by Crippen LogP contribution is 2.27. The number of rotatable bonds is 5. The van der Waals surface area contributed by atoms with Gasteiger partial charge in [-0.05, 0) is 42.3 Å². The largest absolute Gasteiger partial charge is 0.497 e. The number of benzene rings is 2. The molecular formula is C16H17ClO3. The van der Waals surface area contributed by atoms with Gasteiger partial charge in [0.25, 0.3) is 0 Å². The molecule has 0 saturated carbocycles. The van der Waals surface area contributed by atoms with Crippen LogP contribution in [0, 0.1) is 6.92 Å². The Balaban J connectivity index is 2.04. The summed E-state index contributed by atoms with van der Waals surface area (Å²) in [6.45, 7) is 2.10. The molecule has 0 aliphatic heterocycles. The Kier molecular flexibility index (Phi) is 4.88. The summed E-state index contributed by atoms with van der Waals surface area (Å²) in [7, 11) is 1.59. The molecule has 1 atom stereocenters. The zero-order chi connectivity index (χ0) is 14.5. The van der Waals surface area contributed by atoms with Crippen LogP contribution in [0.4, 0.5) is 0 Å². The summed E-state index contributed by atoms with van der Waals surface area (Å²) in [4.78, 5) is 0. The number of aliphatic hydroxyl groups excluding tert-OH is 1. The summed E-state index contributed by atoms with van der Waals surface area (Å²) < 4.78 is 10.7. The minimum Gasteiger partial charge on any atom is -0.497 e. The maximum atomic E-state index is 10.1. The van der Waals surface area contributed by atoms with Crippen molar-refractivity contribution in [1.29, 1.82) is 0 Å². The van der Waals surface area contributed by atoms with Crippen LogP contribution >= 0.6 is 11.6 Å². The average Bonchev–Trinajstić information content (AvgIpc) is 2.48. The molecule has 0 heterocycles. The Morgan fingerprint density at radius 2 is 2.00 bits per heavy atom. The van der Waals surface area contributed by atoms with E-state index in [1.807, 2.05) is 37.3 Å². The van der Waals surface area contributed by atoms with Crippen LogP contribution in [0.3, 0.4) is 0 Å². The number of aliphatic hydroxyl groups is 1. The molecule has 1 N–H and O–H groups in total. The van der Waals surface area contributed by atoms with Crippen LogP contribution in [0.2, 0.25) is 5.02 Å². The van der Waals surface area contributed by atoms with Crippen LogP contribution < -0.4 is 9.47 Å². The van der Waals surface area contributed by atoms with Gasteiger partial charge in [-0.2, -0.15) is 0 Å². The molecule has 0 fully saturated rings. The normalized spacial score (nSPS) is 12.0. The maximum Gasteiger partial charge on any atom is 0.138 e. The van der Waals surface area contributed by atoms with E-state index in [9.17, 15) is 5.11 Å². The highest BCUT2D eigenvalue weighted by atomic mass is 35.5. The molecule has 3 nitrogen and oxygen atoms in total. The van der Waals surface area contributed by atoms with Crippen LogP contribution in [0.25, 0.3) is 0 Å². The summed E-state index contributed by atoms with van der Waals surface area (Å²) in [5, 5.41) is 10.7. The monoisotopic (exact) mass is 292 g/mol. The first-order valence-corrected chi connectivity index (χ1v) is 6.69. The first-order valence-electron chi connectivity index (χ1n) is 6.31. The Morgan fingerprint density at radius 3 is 2.75 bits per heavy atom. The van der Waals surface area contributed by atoms with Crippen LogP contribution in [-0.2, 0) is 0 Å². The molecule has 4 heteroatoms. The Labute approximate surface area is 123 Å². The van der Waals surface area contributed by atoms with Crippen molar-refractivity contribution in [1.82, 2.24) is 0 Å². The van der Waals surface area contributed by atoms with E-state index in [0.717, 1.165) is 11.1 Å². The van der Waals surface area contributed by atoms with E-state index in [2.05, 4.69) is 0 Å². The van der Waals surface area contributed by atoms with Gasteiger partial charge in [0.1, 0.15) is 24.2 Å². The lowest BCUT2D eigenvalue weighted by atomic mass is 10.1. The highest BCUT2D eigenvalue weighted by Gasteiger charge is 2.11. The van der Waals surface area contributed by atoms with E-state index in [1.165, 1.54) is 0 Å². The molecule has 0 aliphatic carbocycles. The number of hydrogen-bond acceptors (Lipinski definition) is 3. The zero-order valence-corrected chi connectivity index (χ0v) is 12.2. The fraction of sp³-hybridized carbons (Fsp3) is 0.250. The first kappa shape index (κ1) is 14.7. The molecule has 106 valence electrons. The summed E-state index contributed by atoms with van der Waals surface area (Å²) in [6.07, 6.45) is -0.735. The molecule has 0 aromatic heterocycles. The van der Waals surface area contributed by atoms with Crippen molar-refractivity contribution in [3.8, 4) is 11.5 Å². The van der Waals surface area contributed by atoms with Crippen molar-refractivity contribution in [2.24, 2.45) is 0 Å². The summed E-state index contributed by atoms with van der Waals surface area (Å²) in [5.41, 5.74) is 1.80. The van der Waals surface area contributed by atoms with Gasteiger partial charge < -0.3 is 14.6 Å². The average molecular weight is 293 g/mol. The van der Waals surface area contributed by atoms with Crippen molar-refractivity contribution < 1.29 is 14.6 Å². The fourth-order valence-corrected chi connectivity index (χ4v) is 2.01. The van der Waals surface area contributed by atoms with Crippen LogP contribution in [0.1, 0.15) is 17.2 Å². The van der Waals surface area contributed by atoms with Crippen LogP contribution in [0.5, 0.6) is 11.5 Å². The lowest BCUT2D eigenvalue weighted by Crippen LogP contribution is -2.10. The van der Waals surface area contributed by atoms with E-state index in [0.29, 0.717) is 16.5 Å². The molecule has 2 aromatic rings. The smallest absolute Gasteiger partial charge is 0.138 e. The van der Waals surface area contributed by atoms with E-state index >= 15 is 0 Å². The summed E-state index contributed by atoms with van der Waals surface area (Å²) >= 11 is 6.05. The highest BCUT2D eigenvalue weighted by molar-refractivity contribution is 6.32. The van der Waals surface area contributed by atoms with E-state index in [-0.39, 0.29) is 6.61 Å². The standard InChI is InChI=1S/C16H17ClO3/c1-11-6-7-14(17)16(8-11)20-10-15(18)12-4-3-5-13(9-12)19-2/h3-9,15,18H,10H2,1-2H3. The van der Waals surface area contributed by atoms with Crippen LogP contribution in [0.15, 0.2) is 42.5 Å². The van der Waals surface area contributed by atoms with Gasteiger partial charge in [-0.25, -0.2) is 0 Å². The minimum atomic E-state index is -0.735. The van der Waals surface area contributed by atoms with Gasteiger partial charge in [0.2, 0.25) is 0 Å². The van der Waals surface area contributed by atoms with Gasteiger partial charge in [-0.3, -0.25) is 0 Å². The number of methoxy groups -OCH3 is 1. The number of halogens is 1. The second-order valence-electron chi connectivity index (χ2n) is 4.54. The van der Waals surface area contributed by atoms with Gasteiger partial charge in [-0.15, -0.1) is 0 Å². The lowest BCUT2D eigenvalue weighted by molar-refractivity contribution is 0.108. The molecule has 0 aliphatic rings. The van der Waals surface area contributed by atoms with E-state index in [4.69, 9.17) is 21.1 Å². The first-order chi connectivity index (χ1) is 9.60. The van der Waals surface area contributed by atoms with Gasteiger partial charge in [0.15, 0.2) is 0 Å². The predicted molar refractivity (Wildman–Crippen MR) is 79.6 cm³/mol. The summed E-state index contributed by atoms with van der Waals surface area (Å²) in [5.74, 6) is 1.28. The van der Waals surface area contributed by atoms with E-state index in [1.54, 1.807) is 19.2 Å². The maximum absolute atomic E-state index is 10.1. The molecular weight excluding hydrogens is 276 g/mol. The van der Waals surface area contributed by atoms with E-state index < -0.39 is 6.10 Å². The van der Waals surface area contributed by atoms with Gasteiger partial charge in [0, 0.05) is 0 Å². The van der Waals surface area contributed by atoms with Crippen molar-refractivity contribution >= 4 is 11.6 Å². The van der Waals surface area contributed by atoms with Gasteiger partial charge in [0.05, 0.1) is 12.1 Å². The molecule has 2 rings (SSSR count). The molecule has 1 unspecified atom stereocenters. The van der Waals surface area contributed by atoms with Gasteiger partial charge >= 0.3 is 0 Å². The molecule has 0 amide bonds. The molecule has 0 spiro atoms. The van der Waals surface area contributed by atoms with Crippen LogP contribution in [-0.4, -0.2) is 18.8 Å². The zero-order valence-electron chi connectivity index (χ0n) is 11.5.